The number of nitrogens with two attached hydrogens (primary N) is 1. The normalized spacial score (nSPS) is 11.3. The van der Waals surface area contributed by atoms with Gasteiger partial charge in [0.2, 0.25) is 0 Å². The van der Waals surface area contributed by atoms with Gasteiger partial charge in [0.1, 0.15) is 11.4 Å². The van der Waals surface area contributed by atoms with Gasteiger partial charge in [-0.1, -0.05) is 11.2 Å². The fourth-order valence-corrected chi connectivity index (χ4v) is 2.55. The number of amidine groups is 1. The highest BCUT2D eigenvalue weighted by atomic mass is 32.2. The van der Waals surface area contributed by atoms with Gasteiger partial charge in [0.15, 0.2) is 5.84 Å². The maximum atomic E-state index is 8.76. The zero-order valence-corrected chi connectivity index (χ0v) is 11.8. The van der Waals surface area contributed by atoms with Crippen LogP contribution in [0.15, 0.2) is 52.6 Å². The molecule has 3 N–H and O–H groups in total. The van der Waals surface area contributed by atoms with Crippen molar-refractivity contribution < 1.29 is 9.94 Å². The number of hydrogen-bond donors (Lipinski definition) is 2. The molecule has 0 fully saturated rings. The van der Waals surface area contributed by atoms with Crippen molar-refractivity contribution in [1.82, 2.24) is 4.98 Å². The maximum absolute atomic E-state index is 8.76. The zero-order chi connectivity index (χ0) is 14.4. The summed E-state index contributed by atoms with van der Waals surface area (Å²) >= 11 is 1.65. The van der Waals surface area contributed by atoms with E-state index < -0.39 is 0 Å². The third-order valence-corrected chi connectivity index (χ3v) is 3.76. The van der Waals surface area contributed by atoms with Gasteiger partial charge in [-0.2, -0.15) is 0 Å². The Balaban J connectivity index is 2.10. The molecule has 5 nitrogen and oxygen atoms in total. The van der Waals surface area contributed by atoms with Crippen molar-refractivity contribution in [1.29, 1.82) is 0 Å². The maximum Gasteiger partial charge on any atom is 0.189 e. The summed E-state index contributed by atoms with van der Waals surface area (Å²) in [6, 6.07) is 11.5. The number of oxime groups is 1. The molecule has 0 spiro atoms. The number of rotatable bonds is 5. The third-order valence-electron chi connectivity index (χ3n) is 2.70. The van der Waals surface area contributed by atoms with Gasteiger partial charge < -0.3 is 15.7 Å². The topological polar surface area (TPSA) is 80.7 Å². The average molecular weight is 289 g/mol. The fourth-order valence-electron chi connectivity index (χ4n) is 1.67. The lowest BCUT2D eigenvalue weighted by atomic mass is 10.2. The van der Waals surface area contributed by atoms with Gasteiger partial charge in [-0.05, 0) is 35.9 Å². The quantitative estimate of drug-likeness (QED) is 0.290. The Hall–Kier alpha value is -2.21. The monoisotopic (exact) mass is 289 g/mol. The van der Waals surface area contributed by atoms with Crippen LogP contribution in [0.25, 0.3) is 0 Å². The zero-order valence-electron chi connectivity index (χ0n) is 11.0. The van der Waals surface area contributed by atoms with Crippen LogP contribution in [-0.2, 0) is 5.75 Å². The predicted molar refractivity (Wildman–Crippen MR) is 79.3 cm³/mol. The molecule has 0 unspecified atom stereocenters. The Morgan fingerprint density at radius 2 is 2.10 bits per heavy atom. The lowest BCUT2D eigenvalue weighted by Crippen LogP contribution is -2.17. The van der Waals surface area contributed by atoms with E-state index in [2.05, 4.69) is 10.1 Å². The average Bonchev–Trinajstić information content (AvgIpc) is 2.53. The highest BCUT2D eigenvalue weighted by Gasteiger charge is 2.08. The van der Waals surface area contributed by atoms with Crippen molar-refractivity contribution in [2.75, 3.05) is 7.11 Å². The number of benzene rings is 1. The summed E-state index contributed by atoms with van der Waals surface area (Å²) in [5, 5.41) is 11.8. The van der Waals surface area contributed by atoms with Crippen LogP contribution in [0.1, 0.15) is 11.3 Å². The molecule has 1 heterocycles. The summed E-state index contributed by atoms with van der Waals surface area (Å²) in [4.78, 5) is 5.25. The van der Waals surface area contributed by atoms with Gasteiger partial charge in [0.25, 0.3) is 0 Å². The highest BCUT2D eigenvalue weighted by Crippen LogP contribution is 2.25. The van der Waals surface area contributed by atoms with Crippen LogP contribution < -0.4 is 10.5 Å². The Labute approximate surface area is 121 Å². The number of methoxy groups -OCH3 is 1. The van der Waals surface area contributed by atoms with Crippen LogP contribution in [-0.4, -0.2) is 23.1 Å². The third kappa shape index (κ3) is 3.42. The van der Waals surface area contributed by atoms with Crippen molar-refractivity contribution in [2.45, 2.75) is 10.6 Å². The van der Waals surface area contributed by atoms with Crippen LogP contribution in [0.5, 0.6) is 5.75 Å². The second-order valence-electron chi connectivity index (χ2n) is 3.96. The molecule has 1 aromatic carbocycles. The summed E-state index contributed by atoms with van der Waals surface area (Å²) in [7, 11) is 1.64. The molecule has 0 aliphatic carbocycles. The standard InChI is InChI=1S/C14H15N3O2S/c1-19-11-4-6-12(7-5-11)20-9-10-3-2-8-16-13(10)14(15)17-18/h2-8,18H,9H2,1H3,(H2,15,17). The van der Waals surface area contributed by atoms with E-state index in [-0.39, 0.29) is 5.84 Å². The number of aromatic nitrogens is 1. The molecule has 0 radical (unpaired) electrons. The molecule has 0 saturated heterocycles. The minimum absolute atomic E-state index is 0.0240. The largest absolute Gasteiger partial charge is 0.497 e. The Morgan fingerprint density at radius 3 is 2.75 bits per heavy atom. The van der Waals surface area contributed by atoms with Crippen molar-refractivity contribution in [3.63, 3.8) is 0 Å². The van der Waals surface area contributed by atoms with Gasteiger partial charge in [-0.15, -0.1) is 11.8 Å². The summed E-state index contributed by atoms with van der Waals surface area (Å²) in [6.45, 7) is 0. The Kier molecular flexibility index (Phi) is 4.84. The van der Waals surface area contributed by atoms with Gasteiger partial charge in [-0.3, -0.25) is 4.98 Å². The molecule has 2 rings (SSSR count). The number of thioether (sulfide) groups is 1. The molecular formula is C14H15N3O2S. The van der Waals surface area contributed by atoms with E-state index in [1.54, 1.807) is 25.1 Å². The molecule has 2 aromatic rings. The highest BCUT2D eigenvalue weighted by molar-refractivity contribution is 7.98. The van der Waals surface area contributed by atoms with E-state index in [0.717, 1.165) is 16.2 Å². The van der Waals surface area contributed by atoms with E-state index in [1.807, 2.05) is 36.4 Å². The van der Waals surface area contributed by atoms with E-state index in [9.17, 15) is 0 Å². The van der Waals surface area contributed by atoms with Gasteiger partial charge in [-0.25, -0.2) is 0 Å². The first kappa shape index (κ1) is 14.2. The van der Waals surface area contributed by atoms with Crippen molar-refractivity contribution in [3.05, 3.63) is 53.9 Å². The first-order valence-electron chi connectivity index (χ1n) is 5.93. The van der Waals surface area contributed by atoms with Crippen molar-refractivity contribution >= 4 is 17.6 Å². The van der Waals surface area contributed by atoms with E-state index in [1.165, 1.54) is 0 Å². The summed E-state index contributed by atoms with van der Waals surface area (Å²) in [5.41, 5.74) is 7.04. The Morgan fingerprint density at radius 1 is 1.35 bits per heavy atom. The number of pyridine rings is 1. The first-order valence-corrected chi connectivity index (χ1v) is 6.92. The van der Waals surface area contributed by atoms with Crippen LogP contribution in [0.4, 0.5) is 0 Å². The smallest absolute Gasteiger partial charge is 0.189 e. The number of ether oxygens (including phenoxy) is 1. The molecule has 0 amide bonds. The van der Waals surface area contributed by atoms with E-state index >= 15 is 0 Å². The minimum Gasteiger partial charge on any atom is -0.497 e. The molecule has 0 saturated carbocycles. The molecule has 0 aliphatic heterocycles. The molecule has 0 atom stereocenters. The lowest BCUT2D eigenvalue weighted by Gasteiger charge is -2.07. The number of nitrogens with zero attached hydrogens (tertiary/aromatic N) is 2. The van der Waals surface area contributed by atoms with Crippen LogP contribution >= 0.6 is 11.8 Å². The van der Waals surface area contributed by atoms with Crippen LogP contribution in [0.3, 0.4) is 0 Å². The summed E-state index contributed by atoms with van der Waals surface area (Å²) in [5.74, 6) is 1.54. The minimum atomic E-state index is 0.0240. The fraction of sp³-hybridized carbons (Fsp3) is 0.143. The molecule has 20 heavy (non-hydrogen) atoms. The molecule has 104 valence electrons. The van der Waals surface area contributed by atoms with E-state index in [4.69, 9.17) is 15.7 Å². The molecular weight excluding hydrogens is 274 g/mol. The molecule has 0 bridgehead atoms. The molecule has 6 heteroatoms. The van der Waals surface area contributed by atoms with Gasteiger partial charge in [0, 0.05) is 16.8 Å². The Bertz CT molecular complexity index is 600. The molecule has 0 aliphatic rings. The number of hydrogen-bond acceptors (Lipinski definition) is 5. The van der Waals surface area contributed by atoms with E-state index in [0.29, 0.717) is 11.4 Å². The molecule has 1 aromatic heterocycles. The SMILES string of the molecule is COc1ccc(SCc2cccnc2C(N)=NO)cc1. The summed E-state index contributed by atoms with van der Waals surface area (Å²) < 4.78 is 5.12. The predicted octanol–water partition coefficient (Wildman–Crippen LogP) is 2.48. The van der Waals surface area contributed by atoms with Gasteiger partial charge in [0.05, 0.1) is 7.11 Å². The summed E-state index contributed by atoms with van der Waals surface area (Å²) in [6.07, 6.45) is 1.62. The lowest BCUT2D eigenvalue weighted by molar-refractivity contribution is 0.318. The van der Waals surface area contributed by atoms with Crippen LogP contribution in [0, 0.1) is 0 Å². The van der Waals surface area contributed by atoms with Crippen molar-refractivity contribution in [3.8, 4) is 5.75 Å². The van der Waals surface area contributed by atoms with Gasteiger partial charge >= 0.3 is 0 Å². The first-order chi connectivity index (χ1) is 9.74. The van der Waals surface area contributed by atoms with Crippen molar-refractivity contribution in [2.24, 2.45) is 10.9 Å². The van der Waals surface area contributed by atoms with Crippen LogP contribution in [0.2, 0.25) is 0 Å². The second kappa shape index (κ2) is 6.81. The second-order valence-corrected chi connectivity index (χ2v) is 5.01.